The number of benzene rings is 1. The number of ether oxygens (including phenoxy) is 2. The molecule has 1 aromatic rings. The normalized spacial score (nSPS) is 24.5. The van der Waals surface area contributed by atoms with Crippen molar-refractivity contribution in [2.75, 3.05) is 13.7 Å². The van der Waals surface area contributed by atoms with Gasteiger partial charge in [0.25, 0.3) is 0 Å². The second kappa shape index (κ2) is 6.18. The number of methoxy groups -OCH3 is 1. The minimum absolute atomic E-state index is 0.0466. The Bertz CT molecular complexity index is 430. The first-order valence-corrected chi connectivity index (χ1v) is 7.28. The third-order valence-corrected chi connectivity index (χ3v) is 4.74. The van der Waals surface area contributed by atoms with Crippen LogP contribution < -0.4 is 4.74 Å². The van der Waals surface area contributed by atoms with Gasteiger partial charge in [0.15, 0.2) is 0 Å². The zero-order chi connectivity index (χ0) is 14.0. The van der Waals surface area contributed by atoms with E-state index in [1.807, 2.05) is 6.92 Å². The summed E-state index contributed by atoms with van der Waals surface area (Å²) in [5.74, 6) is -0.892. The maximum absolute atomic E-state index is 14.0. The average Bonchev–Trinajstić information content (AvgIpc) is 2.85. The fraction of sp³-hybridized carbons (Fsp3) is 0.571. The Morgan fingerprint density at radius 3 is 2.58 bits per heavy atom. The molecule has 1 aliphatic heterocycles. The summed E-state index contributed by atoms with van der Waals surface area (Å²) < 4.78 is 38.5. The molecule has 1 aromatic carbocycles. The van der Waals surface area contributed by atoms with Gasteiger partial charge in [0.2, 0.25) is 0 Å². The van der Waals surface area contributed by atoms with E-state index in [0.717, 1.165) is 12.8 Å². The van der Waals surface area contributed by atoms with Crippen molar-refractivity contribution >= 4 is 15.9 Å². The van der Waals surface area contributed by atoms with Crippen molar-refractivity contribution in [2.45, 2.75) is 30.7 Å². The lowest BCUT2D eigenvalue weighted by molar-refractivity contribution is 0.0869. The summed E-state index contributed by atoms with van der Waals surface area (Å²) in [4.78, 5) is -0.383. The second-order valence-corrected chi connectivity index (χ2v) is 5.66. The molecule has 106 valence electrons. The van der Waals surface area contributed by atoms with Crippen LogP contribution in [0.3, 0.4) is 0 Å². The monoisotopic (exact) mass is 334 g/mol. The first kappa shape index (κ1) is 14.7. The molecule has 5 heteroatoms. The molecule has 0 N–H and O–H groups in total. The van der Waals surface area contributed by atoms with Gasteiger partial charge in [0.05, 0.1) is 18.0 Å². The fourth-order valence-electron chi connectivity index (χ4n) is 2.58. The summed E-state index contributed by atoms with van der Waals surface area (Å²) in [6.45, 7) is 2.66. The summed E-state index contributed by atoms with van der Waals surface area (Å²) in [7, 11) is 1.39. The third-order valence-electron chi connectivity index (χ3n) is 3.60. The van der Waals surface area contributed by atoms with E-state index in [9.17, 15) is 8.78 Å². The highest BCUT2D eigenvalue weighted by atomic mass is 79.9. The highest BCUT2D eigenvalue weighted by molar-refractivity contribution is 9.09. The molecular weight excluding hydrogens is 318 g/mol. The summed E-state index contributed by atoms with van der Waals surface area (Å²) >= 11 is 3.44. The minimum Gasteiger partial charge on any atom is -0.497 e. The van der Waals surface area contributed by atoms with Gasteiger partial charge in [0, 0.05) is 30.2 Å². The van der Waals surface area contributed by atoms with Crippen molar-refractivity contribution < 1.29 is 18.3 Å². The number of hydrogen-bond acceptors (Lipinski definition) is 2. The summed E-state index contributed by atoms with van der Waals surface area (Å²) in [5.41, 5.74) is 0.0646. The van der Waals surface area contributed by atoms with Gasteiger partial charge in [-0.25, -0.2) is 8.78 Å². The molecule has 1 fully saturated rings. The lowest BCUT2D eigenvalue weighted by Crippen LogP contribution is -2.20. The molecule has 19 heavy (non-hydrogen) atoms. The van der Waals surface area contributed by atoms with Crippen molar-refractivity contribution in [3.05, 3.63) is 29.3 Å². The van der Waals surface area contributed by atoms with Gasteiger partial charge in [-0.1, -0.05) is 22.9 Å². The lowest BCUT2D eigenvalue weighted by atomic mass is 9.91. The van der Waals surface area contributed by atoms with E-state index in [0.29, 0.717) is 6.61 Å². The minimum atomic E-state index is -0.583. The van der Waals surface area contributed by atoms with Crippen molar-refractivity contribution in [1.82, 2.24) is 0 Å². The van der Waals surface area contributed by atoms with Crippen LogP contribution in [0, 0.1) is 17.6 Å². The van der Waals surface area contributed by atoms with Crippen molar-refractivity contribution in [2.24, 2.45) is 5.92 Å². The van der Waals surface area contributed by atoms with Gasteiger partial charge in [-0.3, -0.25) is 0 Å². The predicted octanol–water partition coefficient (Wildman–Crippen LogP) is 4.22. The van der Waals surface area contributed by atoms with Crippen LogP contribution in [0.5, 0.6) is 5.75 Å². The van der Waals surface area contributed by atoms with Gasteiger partial charge < -0.3 is 9.47 Å². The van der Waals surface area contributed by atoms with Crippen LogP contribution in [0.1, 0.15) is 30.2 Å². The molecule has 3 unspecified atom stereocenters. The number of hydrogen-bond donors (Lipinski definition) is 0. The van der Waals surface area contributed by atoms with Gasteiger partial charge in [0.1, 0.15) is 17.4 Å². The Labute approximate surface area is 120 Å². The van der Waals surface area contributed by atoms with Crippen LogP contribution in [-0.4, -0.2) is 19.8 Å². The molecule has 3 atom stereocenters. The second-order valence-electron chi connectivity index (χ2n) is 4.68. The molecule has 0 aromatic heterocycles. The molecule has 0 spiro atoms. The zero-order valence-electron chi connectivity index (χ0n) is 11.0. The number of alkyl halides is 1. The highest BCUT2D eigenvalue weighted by Gasteiger charge is 2.35. The van der Waals surface area contributed by atoms with Crippen molar-refractivity contribution in [1.29, 1.82) is 0 Å². The van der Waals surface area contributed by atoms with E-state index in [-0.39, 0.29) is 28.2 Å². The first-order valence-electron chi connectivity index (χ1n) is 6.37. The van der Waals surface area contributed by atoms with E-state index < -0.39 is 11.6 Å². The number of halogens is 3. The predicted molar refractivity (Wildman–Crippen MR) is 72.7 cm³/mol. The van der Waals surface area contributed by atoms with Gasteiger partial charge in [-0.2, -0.15) is 0 Å². The summed E-state index contributed by atoms with van der Waals surface area (Å²) in [6, 6.07) is 2.42. The van der Waals surface area contributed by atoms with E-state index in [1.165, 1.54) is 19.2 Å². The van der Waals surface area contributed by atoms with E-state index in [2.05, 4.69) is 15.9 Å². The molecule has 1 aliphatic rings. The highest BCUT2D eigenvalue weighted by Crippen LogP contribution is 2.43. The van der Waals surface area contributed by atoms with E-state index in [1.54, 1.807) is 0 Å². The van der Waals surface area contributed by atoms with Crippen LogP contribution in [0.25, 0.3) is 0 Å². The Balaban J connectivity index is 2.30. The SMILES string of the molecule is CCC1OCCC1C(Br)c1c(F)cc(OC)cc1F. The Morgan fingerprint density at radius 1 is 1.42 bits per heavy atom. The topological polar surface area (TPSA) is 18.5 Å². The quantitative estimate of drug-likeness (QED) is 0.767. The Kier molecular flexibility index (Phi) is 4.79. The molecule has 0 saturated carbocycles. The van der Waals surface area contributed by atoms with Crippen LogP contribution in [0.15, 0.2) is 12.1 Å². The lowest BCUT2D eigenvalue weighted by Gasteiger charge is -2.23. The third kappa shape index (κ3) is 2.92. The maximum Gasteiger partial charge on any atom is 0.134 e. The van der Waals surface area contributed by atoms with E-state index >= 15 is 0 Å². The van der Waals surface area contributed by atoms with Crippen molar-refractivity contribution in [3.63, 3.8) is 0 Å². The molecule has 0 amide bonds. The molecule has 2 rings (SSSR count). The smallest absolute Gasteiger partial charge is 0.134 e. The number of rotatable bonds is 4. The van der Waals surface area contributed by atoms with Crippen LogP contribution in [0.4, 0.5) is 8.78 Å². The summed E-state index contributed by atoms with van der Waals surface area (Å²) in [6.07, 6.45) is 1.69. The molecule has 1 heterocycles. The van der Waals surface area contributed by atoms with Gasteiger partial charge in [-0.15, -0.1) is 0 Å². The van der Waals surface area contributed by atoms with Crippen molar-refractivity contribution in [3.8, 4) is 5.75 Å². The standard InChI is InChI=1S/C14H17BrF2O2/c1-3-12-9(4-5-19-12)14(15)13-10(16)6-8(18-2)7-11(13)17/h6-7,9,12,14H,3-5H2,1-2H3. The fourth-order valence-corrected chi connectivity index (χ4v) is 3.62. The molecule has 2 nitrogen and oxygen atoms in total. The molecule has 0 aliphatic carbocycles. The Hall–Kier alpha value is -0.680. The first-order chi connectivity index (χ1) is 9.08. The maximum atomic E-state index is 14.0. The van der Waals surface area contributed by atoms with Gasteiger partial charge >= 0.3 is 0 Å². The molecule has 0 radical (unpaired) electrons. The van der Waals surface area contributed by atoms with E-state index in [4.69, 9.17) is 9.47 Å². The average molecular weight is 335 g/mol. The zero-order valence-corrected chi connectivity index (χ0v) is 12.5. The molecular formula is C14H17BrF2O2. The molecule has 1 saturated heterocycles. The summed E-state index contributed by atoms with van der Waals surface area (Å²) in [5, 5.41) is 0. The molecule has 0 bridgehead atoms. The Morgan fingerprint density at radius 2 is 2.05 bits per heavy atom. The van der Waals surface area contributed by atoms with Crippen LogP contribution in [0.2, 0.25) is 0 Å². The van der Waals surface area contributed by atoms with Crippen LogP contribution >= 0.6 is 15.9 Å². The largest absolute Gasteiger partial charge is 0.497 e. The van der Waals surface area contributed by atoms with Crippen LogP contribution in [-0.2, 0) is 4.74 Å². The van der Waals surface area contributed by atoms with Gasteiger partial charge in [-0.05, 0) is 12.8 Å².